The van der Waals surface area contributed by atoms with E-state index in [1.165, 1.54) is 31.2 Å². The van der Waals surface area contributed by atoms with Gasteiger partial charge in [-0.3, -0.25) is 19.8 Å². The Balaban J connectivity index is 2.34. The summed E-state index contributed by atoms with van der Waals surface area (Å²) in [5, 5.41) is 22.0. The van der Waals surface area contributed by atoms with E-state index in [1.54, 1.807) is 0 Å². The fourth-order valence-electron chi connectivity index (χ4n) is 2.11. The van der Waals surface area contributed by atoms with Crippen LogP contribution in [0.4, 0.5) is 10.5 Å². The van der Waals surface area contributed by atoms with Crippen molar-refractivity contribution in [3.63, 3.8) is 0 Å². The van der Waals surface area contributed by atoms with Crippen molar-refractivity contribution < 1.29 is 19.6 Å². The Hall–Kier alpha value is -2.48. The van der Waals surface area contributed by atoms with Crippen molar-refractivity contribution in [3.05, 3.63) is 39.9 Å². The summed E-state index contributed by atoms with van der Waals surface area (Å²) in [6.45, 7) is 1.11. The molecule has 20 heavy (non-hydrogen) atoms. The molecule has 106 valence electrons. The van der Waals surface area contributed by atoms with E-state index in [2.05, 4.69) is 5.32 Å². The number of urea groups is 1. The maximum Gasteiger partial charge on any atom is 0.325 e. The van der Waals surface area contributed by atoms with Crippen LogP contribution in [0.5, 0.6) is 0 Å². The molecular formula is C12H13N3O5. The van der Waals surface area contributed by atoms with Crippen molar-refractivity contribution in [1.29, 1.82) is 0 Å². The second-order valence-electron chi connectivity index (χ2n) is 4.54. The molecule has 1 saturated heterocycles. The van der Waals surface area contributed by atoms with Gasteiger partial charge in [0.25, 0.3) is 11.6 Å². The first-order valence-corrected chi connectivity index (χ1v) is 5.90. The van der Waals surface area contributed by atoms with Gasteiger partial charge in [0.05, 0.1) is 18.1 Å². The Kier molecular flexibility index (Phi) is 3.41. The third kappa shape index (κ3) is 2.10. The average Bonchev–Trinajstić information content (AvgIpc) is 2.64. The minimum Gasteiger partial charge on any atom is -0.395 e. The summed E-state index contributed by atoms with van der Waals surface area (Å²) in [5.74, 6) is -0.495. The number of β-amino-alcohol motifs (C(OH)–C–C–N with tert-alkyl or cyclic N) is 1. The smallest absolute Gasteiger partial charge is 0.325 e. The highest BCUT2D eigenvalue weighted by Gasteiger charge is 2.48. The Morgan fingerprint density at radius 3 is 2.45 bits per heavy atom. The molecule has 1 aromatic rings. The van der Waals surface area contributed by atoms with Crippen LogP contribution < -0.4 is 5.32 Å². The molecule has 2 N–H and O–H groups in total. The number of nitro groups is 1. The number of nitrogens with one attached hydrogen (secondary N) is 1. The molecule has 0 radical (unpaired) electrons. The lowest BCUT2D eigenvalue weighted by atomic mass is 9.92. The minimum absolute atomic E-state index is 0.0900. The molecule has 8 nitrogen and oxygen atoms in total. The maximum atomic E-state index is 12.2. The molecule has 3 amide bonds. The number of amides is 3. The summed E-state index contributed by atoms with van der Waals surface area (Å²) < 4.78 is 0. The molecule has 1 aliphatic rings. The van der Waals surface area contributed by atoms with Gasteiger partial charge in [0, 0.05) is 12.1 Å². The molecule has 0 saturated carbocycles. The third-order valence-corrected chi connectivity index (χ3v) is 3.25. The van der Waals surface area contributed by atoms with Gasteiger partial charge >= 0.3 is 6.03 Å². The molecule has 8 heteroatoms. The Bertz CT molecular complexity index is 571. The van der Waals surface area contributed by atoms with Crippen molar-refractivity contribution in [2.75, 3.05) is 13.2 Å². The normalized spacial score (nSPS) is 22.0. The van der Waals surface area contributed by atoms with Gasteiger partial charge in [-0.25, -0.2) is 4.79 Å². The predicted octanol–water partition coefficient (Wildman–Crippen LogP) is 0.354. The number of non-ortho nitro benzene ring substituents is 1. The third-order valence-electron chi connectivity index (χ3n) is 3.25. The number of nitro benzene ring substituents is 1. The second-order valence-corrected chi connectivity index (χ2v) is 4.54. The molecule has 1 heterocycles. The van der Waals surface area contributed by atoms with Gasteiger partial charge < -0.3 is 10.4 Å². The van der Waals surface area contributed by atoms with E-state index in [1.807, 2.05) is 0 Å². The van der Waals surface area contributed by atoms with Gasteiger partial charge in [0.2, 0.25) is 0 Å². The van der Waals surface area contributed by atoms with E-state index < -0.39 is 22.4 Å². The van der Waals surface area contributed by atoms with E-state index in [4.69, 9.17) is 5.11 Å². The minimum atomic E-state index is -1.28. The Morgan fingerprint density at radius 2 is 1.95 bits per heavy atom. The van der Waals surface area contributed by atoms with E-state index in [9.17, 15) is 19.7 Å². The number of benzene rings is 1. The average molecular weight is 279 g/mol. The van der Waals surface area contributed by atoms with Crippen molar-refractivity contribution >= 4 is 17.6 Å². The number of imide groups is 1. The topological polar surface area (TPSA) is 113 Å². The number of carbonyl (C=O) groups excluding carboxylic acids is 2. The van der Waals surface area contributed by atoms with Gasteiger partial charge in [0.15, 0.2) is 0 Å². The number of aliphatic hydroxyl groups excluding tert-OH is 1. The highest BCUT2D eigenvalue weighted by molar-refractivity contribution is 6.07. The summed E-state index contributed by atoms with van der Waals surface area (Å²) in [6, 6.07) is 4.81. The molecule has 1 aliphatic heterocycles. The Labute approximate surface area is 114 Å². The van der Waals surface area contributed by atoms with E-state index in [0.29, 0.717) is 5.56 Å². The van der Waals surface area contributed by atoms with Gasteiger partial charge in [0.1, 0.15) is 5.54 Å². The molecule has 0 aliphatic carbocycles. The van der Waals surface area contributed by atoms with Crippen molar-refractivity contribution in [2.45, 2.75) is 12.5 Å². The zero-order valence-corrected chi connectivity index (χ0v) is 10.7. The Morgan fingerprint density at radius 1 is 1.35 bits per heavy atom. The zero-order chi connectivity index (χ0) is 14.9. The first kappa shape index (κ1) is 13.9. The highest BCUT2D eigenvalue weighted by Crippen LogP contribution is 2.29. The van der Waals surface area contributed by atoms with Crippen molar-refractivity contribution in [1.82, 2.24) is 10.2 Å². The number of carbonyl (C=O) groups is 2. The maximum absolute atomic E-state index is 12.2. The van der Waals surface area contributed by atoms with Gasteiger partial charge in [-0.05, 0) is 24.6 Å². The van der Waals surface area contributed by atoms with Crippen LogP contribution in [0.25, 0.3) is 0 Å². The van der Waals surface area contributed by atoms with E-state index >= 15 is 0 Å². The molecule has 0 spiro atoms. The summed E-state index contributed by atoms with van der Waals surface area (Å²) in [4.78, 5) is 34.9. The molecule has 2 rings (SSSR count). The van der Waals surface area contributed by atoms with Gasteiger partial charge in [-0.15, -0.1) is 0 Å². The number of nitrogens with zero attached hydrogens (tertiary/aromatic N) is 2. The van der Waals surface area contributed by atoms with Crippen LogP contribution in [0.1, 0.15) is 12.5 Å². The molecule has 0 bridgehead atoms. The number of hydrogen-bond donors (Lipinski definition) is 2. The van der Waals surface area contributed by atoms with Crippen LogP contribution in [-0.4, -0.2) is 40.0 Å². The summed E-state index contributed by atoms with van der Waals surface area (Å²) in [5.41, 5.74) is -0.926. The van der Waals surface area contributed by atoms with Crippen LogP contribution in [0.2, 0.25) is 0 Å². The predicted molar refractivity (Wildman–Crippen MR) is 67.8 cm³/mol. The monoisotopic (exact) mass is 279 g/mol. The molecule has 1 aromatic carbocycles. The number of aliphatic hydroxyl groups is 1. The van der Waals surface area contributed by atoms with E-state index in [-0.39, 0.29) is 18.8 Å². The quantitative estimate of drug-likeness (QED) is 0.469. The second kappa shape index (κ2) is 4.89. The first-order valence-electron chi connectivity index (χ1n) is 5.90. The lowest BCUT2D eigenvalue weighted by molar-refractivity contribution is -0.384. The van der Waals surface area contributed by atoms with Gasteiger partial charge in [-0.1, -0.05) is 0 Å². The zero-order valence-electron chi connectivity index (χ0n) is 10.7. The fourth-order valence-corrected chi connectivity index (χ4v) is 2.11. The van der Waals surface area contributed by atoms with Crippen LogP contribution >= 0.6 is 0 Å². The standard InChI is InChI=1S/C12H13N3O5/c1-12(8-2-4-9(5-3-8)15(19)20)10(17)14(6-7-16)11(18)13-12/h2-5,16H,6-7H2,1H3,(H,13,18). The summed E-state index contributed by atoms with van der Waals surface area (Å²) >= 11 is 0. The molecule has 1 fully saturated rings. The highest BCUT2D eigenvalue weighted by atomic mass is 16.6. The number of hydrogen-bond acceptors (Lipinski definition) is 5. The summed E-state index contributed by atoms with van der Waals surface area (Å²) in [7, 11) is 0. The fraction of sp³-hybridized carbons (Fsp3) is 0.333. The van der Waals surface area contributed by atoms with Crippen LogP contribution in [0.15, 0.2) is 24.3 Å². The lowest BCUT2D eigenvalue weighted by Gasteiger charge is -2.21. The number of rotatable bonds is 4. The largest absolute Gasteiger partial charge is 0.395 e. The molecule has 0 aromatic heterocycles. The van der Waals surface area contributed by atoms with Crippen LogP contribution in [0, 0.1) is 10.1 Å². The van der Waals surface area contributed by atoms with Crippen LogP contribution in [0.3, 0.4) is 0 Å². The van der Waals surface area contributed by atoms with Crippen molar-refractivity contribution in [3.8, 4) is 0 Å². The van der Waals surface area contributed by atoms with Gasteiger partial charge in [-0.2, -0.15) is 0 Å². The lowest BCUT2D eigenvalue weighted by Crippen LogP contribution is -2.41. The van der Waals surface area contributed by atoms with E-state index in [0.717, 1.165) is 4.90 Å². The molecular weight excluding hydrogens is 266 g/mol. The first-order chi connectivity index (χ1) is 9.40. The van der Waals surface area contributed by atoms with Crippen LogP contribution in [-0.2, 0) is 10.3 Å². The molecule has 1 unspecified atom stereocenters. The SMILES string of the molecule is CC1(c2ccc([N+](=O)[O-])cc2)NC(=O)N(CCO)C1=O. The summed E-state index contributed by atoms with van der Waals surface area (Å²) in [6.07, 6.45) is 0. The molecule has 1 atom stereocenters. The van der Waals surface area contributed by atoms with Crippen molar-refractivity contribution in [2.24, 2.45) is 0 Å².